The topological polar surface area (TPSA) is 64.6 Å². The zero-order valence-corrected chi connectivity index (χ0v) is 11.6. The Labute approximate surface area is 108 Å². The van der Waals surface area contributed by atoms with Gasteiger partial charge in [-0.3, -0.25) is 4.79 Å². The third-order valence-electron chi connectivity index (χ3n) is 2.90. The van der Waals surface area contributed by atoms with E-state index in [4.69, 9.17) is 9.47 Å². The highest BCUT2D eigenvalue weighted by molar-refractivity contribution is 5.73. The van der Waals surface area contributed by atoms with E-state index >= 15 is 0 Å². The molecule has 1 rings (SSSR count). The molecule has 0 aromatic carbocycles. The van der Waals surface area contributed by atoms with Gasteiger partial charge in [0.2, 0.25) is 5.91 Å². The first-order chi connectivity index (χ1) is 8.32. The summed E-state index contributed by atoms with van der Waals surface area (Å²) in [6.07, 6.45) is 3.18. The number of hydrogen-bond donors (Lipinski definition) is 1. The van der Waals surface area contributed by atoms with Crippen molar-refractivity contribution in [2.45, 2.75) is 71.0 Å². The number of ether oxygens (including phenoxy) is 2. The molecule has 1 N–H and O–H groups in total. The molecule has 104 valence electrons. The van der Waals surface area contributed by atoms with Crippen molar-refractivity contribution in [3.63, 3.8) is 0 Å². The van der Waals surface area contributed by atoms with Gasteiger partial charge in [0.1, 0.15) is 18.1 Å². The molecule has 0 aromatic heterocycles. The van der Waals surface area contributed by atoms with Gasteiger partial charge >= 0.3 is 0 Å². The normalized spacial score (nSPS) is 30.8. The van der Waals surface area contributed by atoms with Crippen LogP contribution in [0.1, 0.15) is 53.4 Å². The smallest absolute Gasteiger partial charge is 0.219 e. The lowest BCUT2D eigenvalue weighted by molar-refractivity contribution is -0.333. The lowest BCUT2D eigenvalue weighted by atomic mass is 9.96. The molecule has 0 aliphatic carbocycles. The standard InChI is InChI=1S/C13H23NO4/c1-5-6-7-13(14-10(2)16)8-11(9-15)17-12(3,4)18-13/h9,11H,5-8H2,1-4H3,(H,14,16)/t11-,13+/m0/s1. The van der Waals surface area contributed by atoms with Gasteiger partial charge < -0.3 is 19.6 Å². The minimum absolute atomic E-state index is 0.159. The summed E-state index contributed by atoms with van der Waals surface area (Å²) >= 11 is 0. The van der Waals surface area contributed by atoms with E-state index in [1.165, 1.54) is 6.92 Å². The molecule has 0 unspecified atom stereocenters. The zero-order valence-electron chi connectivity index (χ0n) is 11.6. The minimum Gasteiger partial charge on any atom is -0.340 e. The minimum atomic E-state index is -0.875. The molecular weight excluding hydrogens is 234 g/mol. The van der Waals surface area contributed by atoms with E-state index in [9.17, 15) is 9.59 Å². The molecule has 1 aliphatic heterocycles. The van der Waals surface area contributed by atoms with E-state index in [2.05, 4.69) is 12.2 Å². The van der Waals surface area contributed by atoms with E-state index in [-0.39, 0.29) is 5.91 Å². The van der Waals surface area contributed by atoms with Crippen molar-refractivity contribution in [3.05, 3.63) is 0 Å². The van der Waals surface area contributed by atoms with Gasteiger partial charge in [-0.2, -0.15) is 0 Å². The van der Waals surface area contributed by atoms with Gasteiger partial charge in [-0.1, -0.05) is 13.3 Å². The average molecular weight is 257 g/mol. The van der Waals surface area contributed by atoms with Crippen molar-refractivity contribution in [1.29, 1.82) is 0 Å². The maximum absolute atomic E-state index is 11.4. The fourth-order valence-electron chi connectivity index (χ4n) is 2.42. The second kappa shape index (κ2) is 5.80. The molecule has 0 saturated carbocycles. The largest absolute Gasteiger partial charge is 0.340 e. The van der Waals surface area contributed by atoms with Crippen molar-refractivity contribution >= 4 is 12.2 Å². The number of hydrogen-bond acceptors (Lipinski definition) is 4. The maximum atomic E-state index is 11.4. The molecule has 18 heavy (non-hydrogen) atoms. The van der Waals surface area contributed by atoms with Crippen molar-refractivity contribution in [2.75, 3.05) is 0 Å². The van der Waals surface area contributed by atoms with Gasteiger partial charge in [-0.15, -0.1) is 0 Å². The molecule has 5 nitrogen and oxygen atoms in total. The highest BCUT2D eigenvalue weighted by Gasteiger charge is 2.46. The monoisotopic (exact) mass is 257 g/mol. The summed E-state index contributed by atoms with van der Waals surface area (Å²) < 4.78 is 11.4. The lowest BCUT2D eigenvalue weighted by Crippen LogP contribution is -2.61. The van der Waals surface area contributed by atoms with Crippen molar-refractivity contribution in [1.82, 2.24) is 5.32 Å². The number of aldehydes is 1. The molecular formula is C13H23NO4. The zero-order chi connectivity index (χ0) is 13.8. The Morgan fingerprint density at radius 2 is 2.17 bits per heavy atom. The quantitative estimate of drug-likeness (QED) is 0.762. The predicted molar refractivity (Wildman–Crippen MR) is 66.8 cm³/mol. The summed E-state index contributed by atoms with van der Waals surface area (Å²) in [6.45, 7) is 7.04. The van der Waals surface area contributed by atoms with Crippen LogP contribution < -0.4 is 5.32 Å². The van der Waals surface area contributed by atoms with E-state index in [1.54, 1.807) is 13.8 Å². The van der Waals surface area contributed by atoms with E-state index < -0.39 is 17.6 Å². The molecule has 2 atom stereocenters. The fourth-order valence-corrected chi connectivity index (χ4v) is 2.42. The van der Waals surface area contributed by atoms with Crippen LogP contribution >= 0.6 is 0 Å². The summed E-state index contributed by atoms with van der Waals surface area (Å²) in [7, 11) is 0. The average Bonchev–Trinajstić information content (AvgIpc) is 2.23. The number of carbonyl (C=O) groups excluding carboxylic acids is 2. The highest BCUT2D eigenvalue weighted by atomic mass is 16.7. The Kier molecular flexibility index (Phi) is 4.87. The Bertz CT molecular complexity index is 316. The first kappa shape index (κ1) is 15.1. The Morgan fingerprint density at radius 1 is 1.50 bits per heavy atom. The molecule has 0 radical (unpaired) electrons. The van der Waals surface area contributed by atoms with Crippen LogP contribution in [0.3, 0.4) is 0 Å². The van der Waals surface area contributed by atoms with Crippen LogP contribution in [0.15, 0.2) is 0 Å². The molecule has 1 fully saturated rings. The Hall–Kier alpha value is -0.940. The molecule has 1 saturated heterocycles. The fraction of sp³-hybridized carbons (Fsp3) is 0.846. The van der Waals surface area contributed by atoms with Crippen molar-refractivity contribution in [3.8, 4) is 0 Å². The maximum Gasteiger partial charge on any atom is 0.219 e. The van der Waals surface area contributed by atoms with Crippen LogP contribution in [-0.4, -0.2) is 29.8 Å². The Balaban J connectivity index is 2.91. The molecule has 5 heteroatoms. The van der Waals surface area contributed by atoms with Gasteiger partial charge in [0.05, 0.1) is 0 Å². The Morgan fingerprint density at radius 3 is 2.67 bits per heavy atom. The molecule has 1 amide bonds. The first-order valence-corrected chi connectivity index (χ1v) is 6.44. The van der Waals surface area contributed by atoms with E-state index in [1.807, 2.05) is 0 Å². The van der Waals surface area contributed by atoms with Crippen LogP contribution in [0.2, 0.25) is 0 Å². The predicted octanol–water partition coefficient (Wildman–Crippen LogP) is 1.75. The summed E-state index contributed by atoms with van der Waals surface area (Å²) in [5.41, 5.74) is -0.796. The molecule has 0 bridgehead atoms. The van der Waals surface area contributed by atoms with Gasteiger partial charge in [0, 0.05) is 13.3 Å². The number of rotatable bonds is 5. The number of carbonyl (C=O) groups is 2. The third kappa shape index (κ3) is 4.07. The molecule has 1 heterocycles. The van der Waals surface area contributed by atoms with Crippen LogP contribution in [0.4, 0.5) is 0 Å². The molecule has 0 aromatic rings. The van der Waals surface area contributed by atoms with Gasteiger partial charge in [0.15, 0.2) is 5.79 Å². The highest BCUT2D eigenvalue weighted by Crippen LogP contribution is 2.35. The van der Waals surface area contributed by atoms with Crippen LogP contribution in [-0.2, 0) is 19.1 Å². The van der Waals surface area contributed by atoms with Crippen LogP contribution in [0.25, 0.3) is 0 Å². The van der Waals surface area contributed by atoms with E-state index in [0.29, 0.717) is 12.8 Å². The second-order valence-electron chi connectivity index (χ2n) is 5.28. The third-order valence-corrected chi connectivity index (χ3v) is 2.90. The van der Waals surface area contributed by atoms with Gasteiger partial charge in [-0.25, -0.2) is 0 Å². The molecule has 0 spiro atoms. The van der Waals surface area contributed by atoms with Gasteiger partial charge in [0.25, 0.3) is 0 Å². The van der Waals surface area contributed by atoms with Crippen LogP contribution in [0, 0.1) is 0 Å². The first-order valence-electron chi connectivity index (χ1n) is 6.44. The summed E-state index contributed by atoms with van der Waals surface area (Å²) in [6, 6.07) is 0. The van der Waals surface area contributed by atoms with E-state index in [0.717, 1.165) is 19.1 Å². The molecule has 1 aliphatic rings. The summed E-state index contributed by atoms with van der Waals surface area (Å²) in [4.78, 5) is 22.4. The second-order valence-corrected chi connectivity index (χ2v) is 5.28. The lowest BCUT2D eigenvalue weighted by Gasteiger charge is -2.47. The summed E-state index contributed by atoms with van der Waals surface area (Å²) in [5.74, 6) is -1.03. The van der Waals surface area contributed by atoms with Crippen molar-refractivity contribution < 1.29 is 19.1 Å². The summed E-state index contributed by atoms with van der Waals surface area (Å²) in [5, 5.41) is 2.85. The van der Waals surface area contributed by atoms with Crippen LogP contribution in [0.5, 0.6) is 0 Å². The number of amides is 1. The SMILES string of the molecule is CCCC[C@]1(NC(C)=O)C[C@@H](C=O)OC(C)(C)O1. The number of unbranched alkanes of at least 4 members (excludes halogenated alkanes) is 1. The number of nitrogens with one attached hydrogen (secondary N) is 1. The van der Waals surface area contributed by atoms with Crippen molar-refractivity contribution in [2.24, 2.45) is 0 Å². The van der Waals surface area contributed by atoms with Gasteiger partial charge in [-0.05, 0) is 26.7 Å².